The monoisotopic (exact) mass is 624 g/mol. The molecule has 2 amide bonds. The van der Waals surface area contributed by atoms with Gasteiger partial charge in [0.1, 0.15) is 0 Å². The molecule has 4 aromatic rings. The zero-order valence-corrected chi connectivity index (χ0v) is 24.6. The molecule has 4 N–H and O–H groups in total. The van der Waals surface area contributed by atoms with Crippen LogP contribution in [0.15, 0.2) is 107 Å². The second kappa shape index (κ2) is 12.6. The minimum atomic E-state index is -4.17. The number of carbonyl (C=O) groups is 2. The minimum absolute atomic E-state index is 0.0697. The van der Waals surface area contributed by atoms with Crippen LogP contribution in [0.25, 0.3) is 0 Å². The molecule has 0 heterocycles. The fourth-order valence-corrected chi connectivity index (χ4v) is 5.99. The Hall–Kier alpha value is -4.76. The van der Waals surface area contributed by atoms with Crippen LogP contribution in [-0.2, 0) is 26.5 Å². The molecule has 0 spiro atoms. The summed E-state index contributed by atoms with van der Waals surface area (Å²) in [5, 5.41) is 20.3. The number of carboxylic acid groups (broad SMARTS) is 2. The molecule has 0 atom stereocenters. The summed E-state index contributed by atoms with van der Waals surface area (Å²) in [4.78, 5) is 27.7. The number of amides is 2. The van der Waals surface area contributed by atoms with Gasteiger partial charge in [-0.05, 0) is 79.9 Å². The van der Waals surface area contributed by atoms with Crippen LogP contribution in [0.3, 0.4) is 0 Å². The third-order valence-electron chi connectivity index (χ3n) is 6.27. The van der Waals surface area contributed by atoms with Gasteiger partial charge in [0, 0.05) is 0 Å². The molecule has 14 heteroatoms. The van der Waals surface area contributed by atoms with Crippen molar-refractivity contribution in [2.75, 3.05) is 10.0 Å². The standard InChI is InChI=1S/C29H28N4O8S2/c1-20-3-15-26(16-4-20)42(38,39)30-32(28(34)35)24-11-7-22(8-12-24)19-23-9-13-25(14-10-23)33(29(36)37)31-43(40,41)27-17-5-21(2)6-18-27/h3-18,30-31H,19H2,1-2H3,(H,34,35)(H,36,37). The zero-order valence-electron chi connectivity index (χ0n) is 23.0. The maximum atomic E-state index is 12.7. The Morgan fingerprint density at radius 1 is 0.558 bits per heavy atom. The molecular formula is C29H28N4O8S2. The van der Waals surface area contributed by atoms with Crippen molar-refractivity contribution in [3.8, 4) is 0 Å². The average Bonchev–Trinajstić information content (AvgIpc) is 2.96. The number of hydrogen-bond acceptors (Lipinski definition) is 6. The van der Waals surface area contributed by atoms with E-state index in [0.29, 0.717) is 16.4 Å². The second-order valence-corrected chi connectivity index (χ2v) is 12.9. The van der Waals surface area contributed by atoms with Gasteiger partial charge in [0.25, 0.3) is 20.0 Å². The first-order valence-corrected chi connectivity index (χ1v) is 15.6. The number of sulfonamides is 2. The molecule has 0 aliphatic heterocycles. The minimum Gasteiger partial charge on any atom is -0.464 e. The number of hydrazine groups is 2. The molecule has 224 valence electrons. The van der Waals surface area contributed by atoms with Crippen LogP contribution in [-0.4, -0.2) is 39.2 Å². The van der Waals surface area contributed by atoms with E-state index in [2.05, 4.69) is 9.66 Å². The number of nitrogens with zero attached hydrogens (tertiary/aromatic N) is 2. The molecule has 0 saturated heterocycles. The summed E-state index contributed by atoms with van der Waals surface area (Å²) in [6.45, 7) is 3.59. The first kappa shape index (κ1) is 31.2. The van der Waals surface area contributed by atoms with E-state index in [9.17, 15) is 36.6 Å². The van der Waals surface area contributed by atoms with Crippen molar-refractivity contribution in [1.29, 1.82) is 0 Å². The third-order valence-corrected chi connectivity index (χ3v) is 8.90. The van der Waals surface area contributed by atoms with Crippen LogP contribution in [0.2, 0.25) is 0 Å². The zero-order chi connectivity index (χ0) is 31.4. The van der Waals surface area contributed by atoms with Gasteiger partial charge in [0.2, 0.25) is 0 Å². The van der Waals surface area contributed by atoms with Gasteiger partial charge in [0.05, 0.1) is 21.2 Å². The predicted molar refractivity (Wildman–Crippen MR) is 160 cm³/mol. The first-order chi connectivity index (χ1) is 20.2. The van der Waals surface area contributed by atoms with Crippen LogP contribution in [0.4, 0.5) is 21.0 Å². The molecule has 0 aliphatic rings. The van der Waals surface area contributed by atoms with Crippen molar-refractivity contribution in [1.82, 2.24) is 9.66 Å². The first-order valence-electron chi connectivity index (χ1n) is 12.7. The fraction of sp³-hybridized carbons (Fsp3) is 0.103. The van der Waals surface area contributed by atoms with Gasteiger partial charge in [-0.15, -0.1) is 9.66 Å². The van der Waals surface area contributed by atoms with Crippen LogP contribution >= 0.6 is 0 Å². The predicted octanol–water partition coefficient (Wildman–Crippen LogP) is 4.65. The van der Waals surface area contributed by atoms with E-state index in [1.54, 1.807) is 62.4 Å². The van der Waals surface area contributed by atoms with E-state index in [4.69, 9.17) is 0 Å². The highest BCUT2D eigenvalue weighted by atomic mass is 32.2. The van der Waals surface area contributed by atoms with Gasteiger partial charge < -0.3 is 10.2 Å². The summed E-state index contributed by atoms with van der Waals surface area (Å²) in [5.41, 5.74) is 3.33. The molecule has 4 aromatic carbocycles. The Kier molecular flexibility index (Phi) is 9.16. The number of anilines is 2. The molecule has 4 rings (SSSR count). The third kappa shape index (κ3) is 7.75. The van der Waals surface area contributed by atoms with E-state index in [1.165, 1.54) is 48.5 Å². The molecule has 0 bridgehead atoms. The van der Waals surface area contributed by atoms with Crippen LogP contribution in [0.1, 0.15) is 22.3 Å². The highest BCUT2D eigenvalue weighted by Gasteiger charge is 2.25. The molecule has 0 unspecified atom stereocenters. The fourth-order valence-electron chi connectivity index (χ4n) is 3.95. The molecule has 0 radical (unpaired) electrons. The maximum Gasteiger partial charge on any atom is 0.427 e. The topological polar surface area (TPSA) is 173 Å². The van der Waals surface area contributed by atoms with Gasteiger partial charge in [-0.25, -0.2) is 26.4 Å². The number of rotatable bonds is 10. The summed E-state index contributed by atoms with van der Waals surface area (Å²) in [5.74, 6) is 0. The van der Waals surface area contributed by atoms with Gasteiger partial charge in [-0.1, -0.05) is 59.7 Å². The SMILES string of the molecule is Cc1ccc(S(=O)(=O)NN(C(=O)O)c2ccc(Cc3ccc(N(NS(=O)(=O)c4ccc(C)cc4)C(=O)O)cc3)cc2)cc1. The average molecular weight is 625 g/mol. The number of nitrogens with one attached hydrogen (secondary N) is 2. The van der Waals surface area contributed by atoms with Gasteiger partial charge >= 0.3 is 12.2 Å². The Labute approximate surface area is 248 Å². The Balaban J connectivity index is 1.46. The normalized spacial score (nSPS) is 11.6. The molecule has 0 aromatic heterocycles. The lowest BCUT2D eigenvalue weighted by Crippen LogP contribution is -2.45. The summed E-state index contributed by atoms with van der Waals surface area (Å²) in [6, 6.07) is 24.2. The molecule has 0 saturated carbocycles. The van der Waals surface area contributed by atoms with E-state index in [-0.39, 0.29) is 21.2 Å². The van der Waals surface area contributed by atoms with Crippen molar-refractivity contribution in [2.24, 2.45) is 0 Å². The van der Waals surface area contributed by atoms with E-state index in [0.717, 1.165) is 22.3 Å². The largest absolute Gasteiger partial charge is 0.464 e. The number of hydrogen-bond donors (Lipinski definition) is 4. The van der Waals surface area contributed by atoms with E-state index >= 15 is 0 Å². The summed E-state index contributed by atoms with van der Waals surface area (Å²) < 4.78 is 50.9. The lowest BCUT2D eigenvalue weighted by atomic mass is 10.0. The van der Waals surface area contributed by atoms with Gasteiger partial charge in [-0.3, -0.25) is 0 Å². The van der Waals surface area contributed by atoms with E-state index in [1.807, 2.05) is 0 Å². The molecule has 0 fully saturated rings. The van der Waals surface area contributed by atoms with Crippen molar-refractivity contribution in [3.63, 3.8) is 0 Å². The highest BCUT2D eigenvalue weighted by Crippen LogP contribution is 2.21. The van der Waals surface area contributed by atoms with Gasteiger partial charge in [0.15, 0.2) is 0 Å². The van der Waals surface area contributed by atoms with Crippen molar-refractivity contribution >= 4 is 43.6 Å². The maximum absolute atomic E-state index is 12.7. The van der Waals surface area contributed by atoms with Gasteiger partial charge in [-0.2, -0.15) is 10.0 Å². The summed E-state index contributed by atoms with van der Waals surface area (Å²) in [6.07, 6.45) is -2.69. The molecule has 12 nitrogen and oxygen atoms in total. The Morgan fingerprint density at radius 2 is 0.860 bits per heavy atom. The Morgan fingerprint density at radius 3 is 1.14 bits per heavy atom. The van der Waals surface area contributed by atoms with Crippen LogP contribution in [0.5, 0.6) is 0 Å². The lowest BCUT2D eigenvalue weighted by molar-refractivity contribution is 0.199. The van der Waals surface area contributed by atoms with Crippen molar-refractivity contribution < 1.29 is 36.6 Å². The summed E-state index contributed by atoms with van der Waals surface area (Å²) >= 11 is 0. The smallest absolute Gasteiger partial charge is 0.427 e. The summed E-state index contributed by atoms with van der Waals surface area (Å²) in [7, 11) is -8.34. The van der Waals surface area contributed by atoms with Crippen LogP contribution < -0.4 is 19.7 Å². The highest BCUT2D eigenvalue weighted by molar-refractivity contribution is 7.89. The lowest BCUT2D eigenvalue weighted by Gasteiger charge is -2.21. The molecule has 43 heavy (non-hydrogen) atoms. The van der Waals surface area contributed by atoms with Crippen molar-refractivity contribution in [2.45, 2.75) is 30.1 Å². The quantitative estimate of drug-likeness (QED) is 0.185. The number of aryl methyl sites for hydroxylation is 2. The van der Waals surface area contributed by atoms with Crippen LogP contribution in [0, 0.1) is 13.8 Å². The van der Waals surface area contributed by atoms with E-state index < -0.39 is 32.2 Å². The molecule has 0 aliphatic carbocycles. The Bertz CT molecular complexity index is 1690. The molecular weight excluding hydrogens is 596 g/mol. The number of benzene rings is 4. The van der Waals surface area contributed by atoms with Crippen molar-refractivity contribution in [3.05, 3.63) is 119 Å². The second-order valence-electron chi connectivity index (χ2n) is 9.56.